The molecule has 0 spiro atoms. The van der Waals surface area contributed by atoms with E-state index in [1.165, 1.54) is 0 Å². The third-order valence-electron chi connectivity index (χ3n) is 4.41. The van der Waals surface area contributed by atoms with Crippen LogP contribution in [0.1, 0.15) is 11.7 Å². The molecule has 0 saturated heterocycles. The SMILES string of the molecule is NC1c2cccnc2N(c2cccc(Cl)c2)C(N)N1c1cccc(Cl)c1. The molecule has 2 aromatic carbocycles. The first-order valence-corrected chi connectivity index (χ1v) is 8.86. The summed E-state index contributed by atoms with van der Waals surface area (Å²) in [5.74, 6) is 0.716. The summed E-state index contributed by atoms with van der Waals surface area (Å²) in [4.78, 5) is 8.36. The molecule has 0 fully saturated rings. The third-order valence-corrected chi connectivity index (χ3v) is 4.88. The Bertz CT molecular complexity index is 948. The van der Waals surface area contributed by atoms with Crippen molar-refractivity contribution in [2.45, 2.75) is 12.5 Å². The predicted molar refractivity (Wildman–Crippen MR) is 107 cm³/mol. The van der Waals surface area contributed by atoms with Crippen LogP contribution in [0.5, 0.6) is 0 Å². The zero-order chi connectivity index (χ0) is 18.3. The number of anilines is 3. The molecule has 2 heterocycles. The van der Waals surface area contributed by atoms with Crippen LogP contribution < -0.4 is 21.3 Å². The number of hydrogen-bond acceptors (Lipinski definition) is 5. The lowest BCUT2D eigenvalue weighted by atomic mass is 10.1. The van der Waals surface area contributed by atoms with E-state index in [0.717, 1.165) is 16.9 Å². The van der Waals surface area contributed by atoms with Crippen molar-refractivity contribution in [1.29, 1.82) is 0 Å². The van der Waals surface area contributed by atoms with Gasteiger partial charge in [0.2, 0.25) is 0 Å². The lowest BCUT2D eigenvalue weighted by Gasteiger charge is -2.47. The standard InChI is InChI=1S/C19H17Cl2N5/c20-12-4-1-6-14(10-12)25-17(22)16-8-3-9-24-18(16)26(19(25)23)15-7-2-5-13(21)11-15/h1-11,17,19H,22-23H2. The molecule has 2 atom stereocenters. The van der Waals surface area contributed by atoms with Crippen molar-refractivity contribution in [3.05, 3.63) is 82.5 Å². The lowest BCUT2D eigenvalue weighted by Crippen LogP contribution is -2.59. The minimum Gasteiger partial charge on any atom is -0.319 e. The average Bonchev–Trinajstić information content (AvgIpc) is 2.62. The summed E-state index contributed by atoms with van der Waals surface area (Å²) in [6.45, 7) is 0. The van der Waals surface area contributed by atoms with E-state index in [2.05, 4.69) is 4.98 Å². The summed E-state index contributed by atoms with van der Waals surface area (Å²) >= 11 is 12.4. The van der Waals surface area contributed by atoms with Gasteiger partial charge >= 0.3 is 0 Å². The van der Waals surface area contributed by atoms with E-state index in [-0.39, 0.29) is 0 Å². The summed E-state index contributed by atoms with van der Waals surface area (Å²) in [6, 6.07) is 18.8. The van der Waals surface area contributed by atoms with Gasteiger partial charge in [-0.1, -0.05) is 41.4 Å². The van der Waals surface area contributed by atoms with Gasteiger partial charge in [-0.05, 0) is 42.5 Å². The van der Waals surface area contributed by atoms with Crippen LogP contribution in [0, 0.1) is 0 Å². The first-order valence-electron chi connectivity index (χ1n) is 8.11. The van der Waals surface area contributed by atoms with Crippen LogP contribution in [0.3, 0.4) is 0 Å². The molecule has 132 valence electrons. The van der Waals surface area contributed by atoms with Crippen molar-refractivity contribution in [2.75, 3.05) is 9.80 Å². The van der Waals surface area contributed by atoms with Crippen LogP contribution in [0.15, 0.2) is 66.9 Å². The number of benzene rings is 2. The minimum absolute atomic E-state index is 0.456. The zero-order valence-corrected chi connectivity index (χ0v) is 15.3. The molecule has 4 rings (SSSR count). The fourth-order valence-corrected chi connectivity index (χ4v) is 3.63. The highest BCUT2D eigenvalue weighted by Gasteiger charge is 2.37. The van der Waals surface area contributed by atoms with Gasteiger partial charge in [0.1, 0.15) is 12.0 Å². The van der Waals surface area contributed by atoms with Crippen LogP contribution in [-0.2, 0) is 0 Å². The Morgan fingerprint density at radius 1 is 0.846 bits per heavy atom. The second-order valence-corrected chi connectivity index (χ2v) is 6.88. The molecular formula is C19H17Cl2N5. The summed E-state index contributed by atoms with van der Waals surface area (Å²) in [5.41, 5.74) is 15.7. The number of rotatable bonds is 2. The number of hydrogen-bond donors (Lipinski definition) is 2. The Morgan fingerprint density at radius 2 is 1.50 bits per heavy atom. The van der Waals surface area contributed by atoms with Crippen LogP contribution in [0.25, 0.3) is 0 Å². The molecule has 5 nitrogen and oxygen atoms in total. The van der Waals surface area contributed by atoms with E-state index < -0.39 is 12.5 Å². The maximum Gasteiger partial charge on any atom is 0.162 e. The maximum absolute atomic E-state index is 6.64. The van der Waals surface area contributed by atoms with E-state index >= 15 is 0 Å². The number of nitrogens with zero attached hydrogens (tertiary/aromatic N) is 3. The lowest BCUT2D eigenvalue weighted by molar-refractivity contribution is 0.507. The van der Waals surface area contributed by atoms with Gasteiger partial charge in [0, 0.05) is 33.2 Å². The molecule has 0 bridgehead atoms. The Balaban J connectivity index is 1.89. The van der Waals surface area contributed by atoms with Crippen LogP contribution in [0.4, 0.5) is 17.2 Å². The molecule has 26 heavy (non-hydrogen) atoms. The van der Waals surface area contributed by atoms with Crippen LogP contribution in [0.2, 0.25) is 10.0 Å². The quantitative estimate of drug-likeness (QED) is 0.689. The molecule has 1 aliphatic rings. The predicted octanol–water partition coefficient (Wildman–Crippen LogP) is 4.25. The fourth-order valence-electron chi connectivity index (χ4n) is 3.26. The van der Waals surface area contributed by atoms with Crippen molar-refractivity contribution in [2.24, 2.45) is 11.5 Å². The normalized spacial score (nSPS) is 19.4. The highest BCUT2D eigenvalue weighted by Crippen LogP contribution is 2.41. The van der Waals surface area contributed by atoms with Gasteiger partial charge in [-0.2, -0.15) is 0 Å². The Hall–Kier alpha value is -2.31. The molecule has 0 saturated carbocycles. The number of aromatic nitrogens is 1. The Morgan fingerprint density at radius 3 is 2.19 bits per heavy atom. The molecule has 4 N–H and O–H groups in total. The van der Waals surface area contributed by atoms with Gasteiger partial charge in [-0.15, -0.1) is 0 Å². The monoisotopic (exact) mass is 385 g/mol. The van der Waals surface area contributed by atoms with E-state index in [1.807, 2.05) is 70.5 Å². The molecular weight excluding hydrogens is 369 g/mol. The fraction of sp³-hybridized carbons (Fsp3) is 0.105. The first kappa shape index (κ1) is 17.1. The second kappa shape index (κ2) is 6.78. The summed E-state index contributed by atoms with van der Waals surface area (Å²) in [7, 11) is 0. The van der Waals surface area contributed by atoms with Crippen molar-refractivity contribution in [3.8, 4) is 0 Å². The summed E-state index contributed by atoms with van der Waals surface area (Å²) < 4.78 is 0. The number of fused-ring (bicyclic) bond motifs is 1. The van der Waals surface area contributed by atoms with Gasteiger partial charge in [0.15, 0.2) is 6.29 Å². The molecule has 7 heteroatoms. The Kier molecular flexibility index (Phi) is 4.46. The van der Waals surface area contributed by atoms with Crippen molar-refractivity contribution < 1.29 is 0 Å². The average molecular weight is 386 g/mol. The molecule has 3 aromatic rings. The molecule has 0 radical (unpaired) electrons. The number of pyridine rings is 1. The number of halogens is 2. The van der Waals surface area contributed by atoms with Crippen molar-refractivity contribution in [3.63, 3.8) is 0 Å². The van der Waals surface area contributed by atoms with Gasteiger partial charge in [0.05, 0.1) is 0 Å². The van der Waals surface area contributed by atoms with Crippen molar-refractivity contribution in [1.82, 2.24) is 4.98 Å². The largest absolute Gasteiger partial charge is 0.319 e. The van der Waals surface area contributed by atoms with Gasteiger partial charge in [-0.3, -0.25) is 10.6 Å². The first-order chi connectivity index (χ1) is 12.6. The summed E-state index contributed by atoms with van der Waals surface area (Å²) in [5, 5.41) is 1.24. The topological polar surface area (TPSA) is 71.4 Å². The van der Waals surface area contributed by atoms with E-state index in [0.29, 0.717) is 15.9 Å². The summed E-state index contributed by atoms with van der Waals surface area (Å²) in [6.07, 6.45) is 0.692. The zero-order valence-electron chi connectivity index (χ0n) is 13.8. The van der Waals surface area contributed by atoms with E-state index in [9.17, 15) is 0 Å². The van der Waals surface area contributed by atoms with Gasteiger partial charge < -0.3 is 10.6 Å². The second-order valence-electron chi connectivity index (χ2n) is 6.01. The van der Waals surface area contributed by atoms with Crippen LogP contribution in [-0.4, -0.2) is 11.3 Å². The molecule has 1 aliphatic heterocycles. The highest BCUT2D eigenvalue weighted by molar-refractivity contribution is 6.31. The van der Waals surface area contributed by atoms with E-state index in [1.54, 1.807) is 6.20 Å². The van der Waals surface area contributed by atoms with Crippen molar-refractivity contribution >= 4 is 40.4 Å². The molecule has 0 aliphatic carbocycles. The smallest absolute Gasteiger partial charge is 0.162 e. The minimum atomic E-state index is -0.579. The third kappa shape index (κ3) is 2.89. The Labute approximate surface area is 161 Å². The van der Waals surface area contributed by atoms with Crippen LogP contribution >= 0.6 is 23.2 Å². The van der Waals surface area contributed by atoms with E-state index in [4.69, 9.17) is 34.7 Å². The number of nitrogens with two attached hydrogens (primary N) is 2. The highest BCUT2D eigenvalue weighted by atomic mass is 35.5. The van der Waals surface area contributed by atoms with Gasteiger partial charge in [0.25, 0.3) is 0 Å². The molecule has 0 amide bonds. The molecule has 2 unspecified atom stereocenters. The molecule has 1 aromatic heterocycles. The van der Waals surface area contributed by atoms with Gasteiger partial charge in [-0.25, -0.2) is 4.98 Å². The maximum atomic E-state index is 6.64.